The number of aromatic nitrogens is 2. The maximum atomic E-state index is 11.8. The Hall–Kier alpha value is -3.19. The molecule has 1 amide bonds. The molecule has 0 aliphatic rings. The number of hydrogen-bond acceptors (Lipinski definition) is 6. The second-order valence-electron chi connectivity index (χ2n) is 5.58. The van der Waals surface area contributed by atoms with Gasteiger partial charge >= 0.3 is 0 Å². The second-order valence-corrected chi connectivity index (χ2v) is 6.61. The van der Waals surface area contributed by atoms with Crippen molar-refractivity contribution in [1.82, 2.24) is 15.3 Å². The smallest absolute Gasteiger partial charge is 0.287 e. The van der Waals surface area contributed by atoms with Crippen molar-refractivity contribution in [2.24, 2.45) is 0 Å². The Kier molecular flexibility index (Phi) is 4.61. The van der Waals surface area contributed by atoms with Crippen LogP contribution in [0.3, 0.4) is 0 Å². The number of rotatable bonds is 6. The summed E-state index contributed by atoms with van der Waals surface area (Å²) in [4.78, 5) is 22.6. The van der Waals surface area contributed by atoms with Crippen LogP contribution in [0.15, 0.2) is 65.5 Å². The molecule has 0 spiro atoms. The molecular formula is C19H16N4O2S. The van der Waals surface area contributed by atoms with Crippen molar-refractivity contribution in [3.05, 3.63) is 66.9 Å². The van der Waals surface area contributed by atoms with E-state index in [1.54, 1.807) is 29.8 Å². The van der Waals surface area contributed by atoms with Gasteiger partial charge in [0, 0.05) is 18.0 Å². The molecule has 3 aromatic heterocycles. The molecule has 6 nitrogen and oxygen atoms in total. The molecule has 130 valence electrons. The highest BCUT2D eigenvalue weighted by Gasteiger charge is 2.10. The number of hydrogen-bond donors (Lipinski definition) is 2. The highest BCUT2D eigenvalue weighted by molar-refractivity contribution is 7.21. The summed E-state index contributed by atoms with van der Waals surface area (Å²) in [6.45, 7) is 1.01. The number of amides is 1. The first-order valence-corrected chi connectivity index (χ1v) is 8.98. The molecular weight excluding hydrogens is 348 g/mol. The predicted molar refractivity (Wildman–Crippen MR) is 102 cm³/mol. The molecule has 4 rings (SSSR count). The van der Waals surface area contributed by atoms with Gasteiger partial charge in [-0.2, -0.15) is 0 Å². The lowest BCUT2D eigenvalue weighted by atomic mass is 10.2. The largest absolute Gasteiger partial charge is 0.459 e. The highest BCUT2D eigenvalue weighted by atomic mass is 32.1. The van der Waals surface area contributed by atoms with Crippen LogP contribution < -0.4 is 10.6 Å². The first kappa shape index (κ1) is 16.3. The minimum Gasteiger partial charge on any atom is -0.459 e. The number of thiophene rings is 1. The first-order valence-electron chi connectivity index (χ1n) is 8.17. The van der Waals surface area contributed by atoms with Crippen LogP contribution in [0.2, 0.25) is 0 Å². The Bertz CT molecular complexity index is 1010. The Balaban J connectivity index is 1.43. The molecule has 26 heavy (non-hydrogen) atoms. The Morgan fingerprint density at radius 1 is 1.08 bits per heavy atom. The molecule has 4 aromatic rings. The summed E-state index contributed by atoms with van der Waals surface area (Å²) in [6.07, 6.45) is 3.03. The summed E-state index contributed by atoms with van der Waals surface area (Å²) in [7, 11) is 0. The third kappa shape index (κ3) is 3.43. The van der Waals surface area contributed by atoms with Crippen LogP contribution >= 0.6 is 11.3 Å². The molecule has 0 radical (unpaired) electrons. The zero-order chi connectivity index (χ0) is 17.8. The molecule has 0 bridgehead atoms. The maximum absolute atomic E-state index is 11.8. The van der Waals surface area contributed by atoms with Gasteiger partial charge in [-0.05, 0) is 23.8 Å². The number of fused-ring (bicyclic) bond motifs is 1. The van der Waals surface area contributed by atoms with Crippen molar-refractivity contribution >= 4 is 33.3 Å². The van der Waals surface area contributed by atoms with Crippen molar-refractivity contribution in [3.63, 3.8) is 0 Å². The number of carbonyl (C=O) groups is 1. The molecule has 0 saturated heterocycles. The van der Waals surface area contributed by atoms with Gasteiger partial charge in [0.25, 0.3) is 5.91 Å². The molecule has 0 atom stereocenters. The predicted octanol–water partition coefficient (Wildman–Crippen LogP) is 3.79. The number of nitrogens with zero attached hydrogens (tertiary/aromatic N) is 2. The average Bonchev–Trinajstić information content (AvgIpc) is 3.35. The van der Waals surface area contributed by atoms with Crippen molar-refractivity contribution in [2.75, 3.05) is 18.4 Å². The quantitative estimate of drug-likeness (QED) is 0.509. The standard InChI is InChI=1S/C19H16N4O2S/c24-18(15-7-4-10-25-15)21-9-8-20-17-14-11-16(13-5-2-1-3-6-13)26-19(14)23-12-22-17/h1-7,10-12H,8-9H2,(H,21,24)(H,20,22,23). The molecule has 1 aromatic carbocycles. The lowest BCUT2D eigenvalue weighted by Crippen LogP contribution is -2.28. The van der Waals surface area contributed by atoms with Gasteiger partial charge in [0.05, 0.1) is 11.6 Å². The van der Waals surface area contributed by atoms with Crippen LogP contribution in [-0.2, 0) is 0 Å². The van der Waals surface area contributed by atoms with E-state index < -0.39 is 0 Å². The monoisotopic (exact) mass is 364 g/mol. The van der Waals surface area contributed by atoms with E-state index in [1.165, 1.54) is 6.26 Å². The molecule has 0 fully saturated rings. The van der Waals surface area contributed by atoms with E-state index in [9.17, 15) is 4.79 Å². The van der Waals surface area contributed by atoms with Gasteiger partial charge in [-0.25, -0.2) is 9.97 Å². The number of benzene rings is 1. The number of furan rings is 1. The van der Waals surface area contributed by atoms with E-state index in [2.05, 4.69) is 38.8 Å². The number of nitrogens with one attached hydrogen (secondary N) is 2. The summed E-state index contributed by atoms with van der Waals surface area (Å²) in [5.41, 5.74) is 1.16. The van der Waals surface area contributed by atoms with Gasteiger partial charge in [-0.3, -0.25) is 4.79 Å². The van der Waals surface area contributed by atoms with Crippen LogP contribution in [0, 0.1) is 0 Å². The number of anilines is 1. The van der Waals surface area contributed by atoms with Crippen molar-refractivity contribution in [1.29, 1.82) is 0 Å². The van der Waals surface area contributed by atoms with Crippen molar-refractivity contribution in [3.8, 4) is 10.4 Å². The topological polar surface area (TPSA) is 80.0 Å². The summed E-state index contributed by atoms with van der Waals surface area (Å²) >= 11 is 1.63. The van der Waals surface area contributed by atoms with Crippen LogP contribution in [0.1, 0.15) is 10.6 Å². The lowest BCUT2D eigenvalue weighted by molar-refractivity contribution is 0.0927. The van der Waals surface area contributed by atoms with Crippen molar-refractivity contribution < 1.29 is 9.21 Å². The second kappa shape index (κ2) is 7.37. The van der Waals surface area contributed by atoms with Gasteiger partial charge in [-0.1, -0.05) is 30.3 Å². The molecule has 0 aliphatic carbocycles. The Morgan fingerprint density at radius 2 is 1.96 bits per heavy atom. The minimum absolute atomic E-state index is 0.230. The third-order valence-corrected chi connectivity index (χ3v) is 4.93. The average molecular weight is 364 g/mol. The molecule has 0 unspecified atom stereocenters. The van der Waals surface area contributed by atoms with Gasteiger partial charge in [0.15, 0.2) is 5.76 Å². The van der Waals surface area contributed by atoms with E-state index in [0.29, 0.717) is 18.8 Å². The summed E-state index contributed by atoms with van der Waals surface area (Å²) < 4.78 is 5.06. The molecule has 7 heteroatoms. The zero-order valence-corrected chi connectivity index (χ0v) is 14.6. The summed E-state index contributed by atoms with van der Waals surface area (Å²) in [5.74, 6) is 0.840. The normalized spacial score (nSPS) is 10.8. The minimum atomic E-state index is -0.230. The fourth-order valence-electron chi connectivity index (χ4n) is 2.59. The fraction of sp³-hybridized carbons (Fsp3) is 0.105. The zero-order valence-electron chi connectivity index (χ0n) is 13.8. The fourth-order valence-corrected chi connectivity index (χ4v) is 3.60. The maximum Gasteiger partial charge on any atom is 0.287 e. The first-order chi connectivity index (χ1) is 12.8. The van der Waals surface area contributed by atoms with Crippen LogP contribution in [0.4, 0.5) is 5.82 Å². The lowest BCUT2D eigenvalue weighted by Gasteiger charge is -2.07. The van der Waals surface area contributed by atoms with Crippen LogP contribution in [0.25, 0.3) is 20.7 Å². The van der Waals surface area contributed by atoms with E-state index in [0.717, 1.165) is 26.5 Å². The Morgan fingerprint density at radius 3 is 2.77 bits per heavy atom. The number of carbonyl (C=O) groups excluding carboxylic acids is 1. The van der Waals surface area contributed by atoms with E-state index in [1.807, 2.05) is 18.2 Å². The molecule has 2 N–H and O–H groups in total. The van der Waals surface area contributed by atoms with Gasteiger partial charge in [0.2, 0.25) is 0 Å². The summed E-state index contributed by atoms with van der Waals surface area (Å²) in [6, 6.07) is 15.6. The van der Waals surface area contributed by atoms with E-state index in [4.69, 9.17) is 4.42 Å². The van der Waals surface area contributed by atoms with Crippen molar-refractivity contribution in [2.45, 2.75) is 0 Å². The highest BCUT2D eigenvalue weighted by Crippen LogP contribution is 2.34. The van der Waals surface area contributed by atoms with E-state index in [-0.39, 0.29) is 5.91 Å². The van der Waals surface area contributed by atoms with Gasteiger partial charge in [0.1, 0.15) is 17.0 Å². The third-order valence-electron chi connectivity index (χ3n) is 3.84. The van der Waals surface area contributed by atoms with Crippen LogP contribution in [-0.4, -0.2) is 29.0 Å². The molecule has 0 aliphatic heterocycles. The summed E-state index contributed by atoms with van der Waals surface area (Å²) in [5, 5.41) is 7.04. The van der Waals surface area contributed by atoms with Gasteiger partial charge < -0.3 is 15.1 Å². The van der Waals surface area contributed by atoms with E-state index >= 15 is 0 Å². The Labute approximate surface area is 153 Å². The SMILES string of the molecule is O=C(NCCNc1ncnc2sc(-c3ccccc3)cc12)c1ccco1. The van der Waals surface area contributed by atoms with Gasteiger partial charge in [-0.15, -0.1) is 11.3 Å². The van der Waals surface area contributed by atoms with Crippen LogP contribution in [0.5, 0.6) is 0 Å². The molecule has 3 heterocycles. The molecule has 0 saturated carbocycles.